The van der Waals surface area contributed by atoms with Crippen LogP contribution in [0.2, 0.25) is 0 Å². The van der Waals surface area contributed by atoms with Gasteiger partial charge in [-0.1, -0.05) is 50.8 Å². The van der Waals surface area contributed by atoms with E-state index in [0.717, 1.165) is 31.6 Å². The second-order valence-electron chi connectivity index (χ2n) is 3.94. The lowest BCUT2D eigenvalue weighted by molar-refractivity contribution is 0.207. The van der Waals surface area contributed by atoms with Crippen molar-refractivity contribution >= 4 is 20.5 Å². The lowest BCUT2D eigenvalue weighted by atomic mass is 10.2. The molecule has 0 aliphatic heterocycles. The van der Waals surface area contributed by atoms with Crippen LogP contribution in [0, 0.1) is 0 Å². The molecule has 0 aliphatic carbocycles. The lowest BCUT2D eigenvalue weighted by Crippen LogP contribution is -2.37. The van der Waals surface area contributed by atoms with Gasteiger partial charge in [0.05, 0.1) is 0 Å². The van der Waals surface area contributed by atoms with Crippen molar-refractivity contribution in [2.24, 2.45) is 0 Å². The summed E-state index contributed by atoms with van der Waals surface area (Å²) in [7, 11) is -1.69. The molecule has 0 amide bonds. The van der Waals surface area contributed by atoms with Crippen molar-refractivity contribution in [3.8, 4) is 0 Å². The fourth-order valence-electron chi connectivity index (χ4n) is 1.48. The van der Waals surface area contributed by atoms with Crippen molar-refractivity contribution < 1.29 is 8.85 Å². The molecule has 0 aliphatic rings. The second-order valence-corrected chi connectivity index (χ2v) is 5.94. The van der Waals surface area contributed by atoms with Gasteiger partial charge in [-0.3, -0.25) is 0 Å². The Morgan fingerprint density at radius 3 is 2.00 bits per heavy atom. The van der Waals surface area contributed by atoms with Crippen LogP contribution >= 0.6 is 0 Å². The van der Waals surface area contributed by atoms with E-state index >= 15 is 0 Å². The fourth-order valence-corrected chi connectivity index (χ4v) is 3.37. The maximum atomic E-state index is 5.84. The van der Waals surface area contributed by atoms with E-state index in [1.54, 1.807) is 0 Å². The summed E-state index contributed by atoms with van der Waals surface area (Å²) in [6.07, 6.45) is 3.91. The standard InChI is InChI=1S/C14H22O2Si/c1-4-11-15-17(16-12-5-2)14-9-7-13(6-3)8-10-14/h6-10,17H,3-5,11-12H2,1-2H3. The number of hydrogen-bond donors (Lipinski definition) is 0. The summed E-state index contributed by atoms with van der Waals surface area (Å²) in [5.41, 5.74) is 1.13. The minimum atomic E-state index is -1.69. The Bertz CT molecular complexity index is 313. The van der Waals surface area contributed by atoms with Gasteiger partial charge in [-0.05, 0) is 23.6 Å². The van der Waals surface area contributed by atoms with Gasteiger partial charge in [0.1, 0.15) is 0 Å². The average molecular weight is 250 g/mol. The minimum Gasteiger partial charge on any atom is -0.393 e. The van der Waals surface area contributed by atoms with Gasteiger partial charge in [0, 0.05) is 13.2 Å². The molecule has 1 aromatic carbocycles. The molecule has 17 heavy (non-hydrogen) atoms. The van der Waals surface area contributed by atoms with Crippen LogP contribution < -0.4 is 5.19 Å². The number of benzene rings is 1. The van der Waals surface area contributed by atoms with Gasteiger partial charge < -0.3 is 8.85 Å². The molecular weight excluding hydrogens is 228 g/mol. The van der Waals surface area contributed by atoms with Gasteiger partial charge in [-0.2, -0.15) is 0 Å². The van der Waals surface area contributed by atoms with E-state index in [0.29, 0.717) is 0 Å². The summed E-state index contributed by atoms with van der Waals surface area (Å²) < 4.78 is 11.7. The largest absolute Gasteiger partial charge is 0.393 e. The summed E-state index contributed by atoms with van der Waals surface area (Å²) in [6, 6.07) is 8.32. The molecule has 2 nitrogen and oxygen atoms in total. The predicted molar refractivity (Wildman–Crippen MR) is 75.8 cm³/mol. The zero-order valence-electron chi connectivity index (χ0n) is 10.8. The van der Waals surface area contributed by atoms with Crippen LogP contribution in [0.4, 0.5) is 0 Å². The first kappa shape index (κ1) is 14.2. The smallest absolute Gasteiger partial charge is 0.355 e. The molecule has 0 aromatic heterocycles. The van der Waals surface area contributed by atoms with Crippen LogP contribution in [0.15, 0.2) is 30.8 Å². The monoisotopic (exact) mass is 250 g/mol. The van der Waals surface area contributed by atoms with Crippen molar-refractivity contribution in [2.45, 2.75) is 26.7 Å². The highest BCUT2D eigenvalue weighted by Crippen LogP contribution is 2.01. The number of hydrogen-bond acceptors (Lipinski definition) is 2. The average Bonchev–Trinajstić information content (AvgIpc) is 2.39. The van der Waals surface area contributed by atoms with E-state index in [1.165, 1.54) is 5.19 Å². The maximum Gasteiger partial charge on any atom is 0.355 e. The lowest BCUT2D eigenvalue weighted by Gasteiger charge is -2.16. The van der Waals surface area contributed by atoms with Crippen LogP contribution in [-0.2, 0) is 8.85 Å². The van der Waals surface area contributed by atoms with Gasteiger partial charge >= 0.3 is 9.28 Å². The van der Waals surface area contributed by atoms with Crippen molar-refractivity contribution in [3.05, 3.63) is 36.4 Å². The Hall–Kier alpha value is -0.903. The molecule has 0 saturated heterocycles. The molecule has 0 heterocycles. The Morgan fingerprint density at radius 2 is 1.59 bits per heavy atom. The topological polar surface area (TPSA) is 18.5 Å². The minimum absolute atomic E-state index is 0.782. The van der Waals surface area contributed by atoms with E-state index in [4.69, 9.17) is 8.85 Å². The van der Waals surface area contributed by atoms with E-state index in [-0.39, 0.29) is 0 Å². The quantitative estimate of drug-likeness (QED) is 0.660. The molecule has 3 heteroatoms. The zero-order valence-corrected chi connectivity index (χ0v) is 12.0. The van der Waals surface area contributed by atoms with Crippen LogP contribution in [0.1, 0.15) is 32.3 Å². The summed E-state index contributed by atoms with van der Waals surface area (Å²) in [5, 5.41) is 1.21. The molecule has 94 valence electrons. The van der Waals surface area contributed by atoms with E-state index in [1.807, 2.05) is 6.08 Å². The van der Waals surface area contributed by atoms with Crippen LogP contribution in [0.25, 0.3) is 6.08 Å². The van der Waals surface area contributed by atoms with Crippen LogP contribution in [0.3, 0.4) is 0 Å². The molecule has 0 radical (unpaired) electrons. The Labute approximate surface area is 106 Å². The normalized spacial score (nSPS) is 10.8. The Kier molecular flexibility index (Phi) is 6.85. The van der Waals surface area contributed by atoms with Gasteiger partial charge in [0.25, 0.3) is 0 Å². The number of rotatable bonds is 8. The van der Waals surface area contributed by atoms with E-state index < -0.39 is 9.28 Å². The first-order chi connectivity index (χ1) is 8.31. The molecule has 0 atom stereocenters. The van der Waals surface area contributed by atoms with Gasteiger partial charge in [-0.25, -0.2) is 0 Å². The highest BCUT2D eigenvalue weighted by molar-refractivity contribution is 6.61. The van der Waals surface area contributed by atoms with Crippen molar-refractivity contribution in [3.63, 3.8) is 0 Å². The third kappa shape index (κ3) is 4.85. The molecule has 0 unspecified atom stereocenters. The molecule has 0 fully saturated rings. The molecule has 0 spiro atoms. The van der Waals surface area contributed by atoms with Gasteiger partial charge in [-0.15, -0.1) is 0 Å². The SMILES string of the molecule is C=Cc1ccc([SiH](OCCC)OCCC)cc1. The van der Waals surface area contributed by atoms with Crippen molar-refractivity contribution in [2.75, 3.05) is 13.2 Å². The third-order valence-corrected chi connectivity index (χ3v) is 4.40. The Balaban J connectivity index is 2.68. The summed E-state index contributed by atoms with van der Waals surface area (Å²) in [5.74, 6) is 0. The Morgan fingerprint density at radius 1 is 1.06 bits per heavy atom. The maximum absolute atomic E-state index is 5.84. The molecule has 0 N–H and O–H groups in total. The van der Waals surface area contributed by atoms with Gasteiger partial charge in [0.15, 0.2) is 0 Å². The van der Waals surface area contributed by atoms with Crippen molar-refractivity contribution in [1.82, 2.24) is 0 Å². The fraction of sp³-hybridized carbons (Fsp3) is 0.429. The van der Waals surface area contributed by atoms with Gasteiger partial charge in [0.2, 0.25) is 0 Å². The van der Waals surface area contributed by atoms with E-state index in [9.17, 15) is 0 Å². The third-order valence-electron chi connectivity index (χ3n) is 2.39. The zero-order chi connectivity index (χ0) is 12.5. The highest BCUT2D eigenvalue weighted by atomic mass is 28.3. The van der Waals surface area contributed by atoms with Crippen LogP contribution in [0.5, 0.6) is 0 Å². The molecule has 0 saturated carbocycles. The first-order valence-corrected chi connectivity index (χ1v) is 7.79. The first-order valence-electron chi connectivity index (χ1n) is 6.27. The highest BCUT2D eigenvalue weighted by Gasteiger charge is 2.15. The molecular formula is C14H22O2Si. The van der Waals surface area contributed by atoms with Crippen LogP contribution in [-0.4, -0.2) is 22.5 Å². The summed E-state index contributed by atoms with van der Waals surface area (Å²) in [6.45, 7) is 9.55. The van der Waals surface area contributed by atoms with E-state index in [2.05, 4.69) is 44.7 Å². The molecule has 1 aromatic rings. The summed E-state index contributed by atoms with van der Waals surface area (Å²) in [4.78, 5) is 0. The predicted octanol–water partition coefficient (Wildman–Crippen LogP) is 2.61. The second kappa shape index (κ2) is 8.23. The van der Waals surface area contributed by atoms with Crippen molar-refractivity contribution in [1.29, 1.82) is 0 Å². The summed E-state index contributed by atoms with van der Waals surface area (Å²) >= 11 is 0. The molecule has 0 bridgehead atoms. The molecule has 1 rings (SSSR count).